The Morgan fingerprint density at radius 2 is 2.06 bits per heavy atom. The van der Waals surface area contributed by atoms with Crippen molar-refractivity contribution in [3.05, 3.63) is 57.9 Å². The maximum absolute atomic E-state index is 13.7. The van der Waals surface area contributed by atoms with Crippen LogP contribution in [0.4, 0.5) is 14.9 Å². The average Bonchev–Trinajstić information content (AvgIpc) is 3.02. The van der Waals surface area contributed by atoms with Gasteiger partial charge in [-0.05, 0) is 35.9 Å². The van der Waals surface area contributed by atoms with Crippen LogP contribution in [0.5, 0.6) is 11.5 Å². The van der Waals surface area contributed by atoms with Crippen LogP contribution >= 0.6 is 15.9 Å². The second-order valence-corrected chi connectivity index (χ2v) is 7.28. The van der Waals surface area contributed by atoms with Gasteiger partial charge in [-0.15, -0.1) is 6.42 Å². The van der Waals surface area contributed by atoms with E-state index in [0.29, 0.717) is 21.5 Å². The third-order valence-electron chi connectivity index (χ3n) is 4.31. The van der Waals surface area contributed by atoms with Crippen LogP contribution in [-0.2, 0) is 9.59 Å². The second kappa shape index (κ2) is 9.98. The number of hydrogen-bond donors (Lipinski definition) is 2. The number of amides is 4. The number of ether oxygens (including phenoxy) is 2. The molecule has 32 heavy (non-hydrogen) atoms. The summed E-state index contributed by atoms with van der Waals surface area (Å²) in [5.74, 6) is 1.05. The number of benzene rings is 2. The summed E-state index contributed by atoms with van der Waals surface area (Å²) in [7, 11) is 1.45. The molecule has 2 aromatic rings. The van der Waals surface area contributed by atoms with Gasteiger partial charge in [-0.25, -0.2) is 14.1 Å². The fourth-order valence-corrected chi connectivity index (χ4v) is 3.26. The van der Waals surface area contributed by atoms with E-state index in [1.54, 1.807) is 18.2 Å². The van der Waals surface area contributed by atoms with E-state index < -0.39 is 30.2 Å². The predicted octanol–water partition coefficient (Wildman–Crippen LogP) is 3.14. The first-order valence-electron chi connectivity index (χ1n) is 9.16. The maximum Gasteiger partial charge on any atom is 0.329 e. The zero-order valence-corrected chi connectivity index (χ0v) is 18.4. The van der Waals surface area contributed by atoms with Crippen LogP contribution in [0.15, 0.2) is 46.6 Å². The highest BCUT2D eigenvalue weighted by Gasteiger charge is 2.35. The molecule has 1 fully saturated rings. The predicted molar refractivity (Wildman–Crippen MR) is 118 cm³/mol. The molecule has 0 radical (unpaired) electrons. The van der Waals surface area contributed by atoms with Crippen molar-refractivity contribution in [1.82, 2.24) is 10.2 Å². The number of urea groups is 1. The number of anilines is 1. The second-order valence-electron chi connectivity index (χ2n) is 6.42. The molecular weight excluding hydrogens is 485 g/mol. The van der Waals surface area contributed by atoms with Crippen molar-refractivity contribution >= 4 is 45.5 Å². The van der Waals surface area contributed by atoms with Gasteiger partial charge < -0.3 is 20.1 Å². The number of para-hydroxylation sites is 1. The number of rotatable bonds is 7. The van der Waals surface area contributed by atoms with Gasteiger partial charge in [-0.3, -0.25) is 9.59 Å². The van der Waals surface area contributed by atoms with Crippen LogP contribution in [0.2, 0.25) is 0 Å². The number of carbonyl (C=O) groups excluding carboxylic acids is 3. The minimum absolute atomic E-state index is 0.0433. The number of carbonyl (C=O) groups is 3. The summed E-state index contributed by atoms with van der Waals surface area (Å²) in [6.07, 6.45) is 6.63. The first-order valence-corrected chi connectivity index (χ1v) is 9.96. The SMILES string of the molecule is C#CCOc1cc(Br)c(/C=C2/NC(=O)N(CC(=O)Nc3ccccc3F)C2=O)cc1OC. The van der Waals surface area contributed by atoms with Crippen molar-refractivity contribution in [1.29, 1.82) is 0 Å². The zero-order chi connectivity index (χ0) is 23.3. The lowest BCUT2D eigenvalue weighted by atomic mass is 10.1. The van der Waals surface area contributed by atoms with Crippen LogP contribution in [0.1, 0.15) is 5.56 Å². The fourth-order valence-electron chi connectivity index (χ4n) is 2.82. The number of nitrogens with zero attached hydrogens (tertiary/aromatic N) is 1. The van der Waals surface area contributed by atoms with Crippen molar-refractivity contribution in [2.24, 2.45) is 0 Å². The number of nitrogens with one attached hydrogen (secondary N) is 2. The molecule has 10 heteroatoms. The molecule has 1 aliphatic heterocycles. The number of terminal acetylenes is 1. The van der Waals surface area contributed by atoms with Crippen LogP contribution in [0.3, 0.4) is 0 Å². The molecule has 1 heterocycles. The standard InChI is InChI=1S/C22H17BrFN3O5/c1-3-8-32-19-11-14(23)13(10-18(19)31-2)9-17-21(29)27(22(30)26-17)12-20(28)25-16-7-5-4-6-15(16)24/h1,4-7,9-11H,8,12H2,2H3,(H,25,28)(H,26,30)/b17-9+. The van der Waals surface area contributed by atoms with Crippen molar-refractivity contribution < 1.29 is 28.2 Å². The first kappa shape index (κ1) is 22.8. The molecule has 1 saturated heterocycles. The van der Waals surface area contributed by atoms with E-state index in [-0.39, 0.29) is 18.0 Å². The Morgan fingerprint density at radius 1 is 1.31 bits per heavy atom. The smallest absolute Gasteiger partial charge is 0.329 e. The minimum Gasteiger partial charge on any atom is -0.493 e. The van der Waals surface area contributed by atoms with Crippen LogP contribution in [-0.4, -0.2) is 43.0 Å². The molecule has 2 N–H and O–H groups in total. The Balaban J connectivity index is 1.77. The fraction of sp³-hybridized carbons (Fsp3) is 0.136. The van der Waals surface area contributed by atoms with Gasteiger partial charge in [0.1, 0.15) is 24.7 Å². The molecule has 0 aromatic heterocycles. The highest BCUT2D eigenvalue weighted by atomic mass is 79.9. The van der Waals surface area contributed by atoms with Gasteiger partial charge in [-0.2, -0.15) is 0 Å². The normalized spacial score (nSPS) is 14.2. The van der Waals surface area contributed by atoms with Crippen molar-refractivity contribution in [2.75, 3.05) is 25.6 Å². The third kappa shape index (κ3) is 5.07. The lowest BCUT2D eigenvalue weighted by Crippen LogP contribution is -2.38. The maximum atomic E-state index is 13.7. The summed E-state index contributed by atoms with van der Waals surface area (Å²) >= 11 is 3.37. The summed E-state index contributed by atoms with van der Waals surface area (Å²) in [6.45, 7) is -0.540. The molecule has 8 nitrogen and oxygen atoms in total. The quantitative estimate of drug-likeness (QED) is 0.345. The Labute approximate surface area is 191 Å². The molecule has 3 rings (SSSR count). The molecule has 0 spiro atoms. The van der Waals surface area contributed by atoms with E-state index >= 15 is 0 Å². The van der Waals surface area contributed by atoms with Gasteiger partial charge in [0, 0.05) is 4.47 Å². The number of methoxy groups -OCH3 is 1. The summed E-state index contributed by atoms with van der Waals surface area (Å²) in [6, 6.07) is 8.00. The number of hydrogen-bond acceptors (Lipinski definition) is 5. The van der Waals surface area contributed by atoms with Crippen molar-refractivity contribution in [3.8, 4) is 23.8 Å². The van der Waals surface area contributed by atoms with E-state index in [4.69, 9.17) is 15.9 Å². The average molecular weight is 502 g/mol. The molecule has 0 aliphatic carbocycles. The van der Waals surface area contributed by atoms with Gasteiger partial charge in [0.25, 0.3) is 5.91 Å². The Bertz CT molecular complexity index is 1160. The number of halogens is 2. The van der Waals surface area contributed by atoms with Gasteiger partial charge in [0.05, 0.1) is 12.8 Å². The highest BCUT2D eigenvalue weighted by Crippen LogP contribution is 2.35. The van der Waals surface area contributed by atoms with Gasteiger partial charge >= 0.3 is 6.03 Å². The largest absolute Gasteiger partial charge is 0.493 e. The van der Waals surface area contributed by atoms with E-state index in [1.165, 1.54) is 31.4 Å². The zero-order valence-electron chi connectivity index (χ0n) is 16.8. The first-order chi connectivity index (χ1) is 15.3. The van der Waals surface area contributed by atoms with Crippen LogP contribution < -0.4 is 20.1 Å². The van der Waals surface area contributed by atoms with Crippen LogP contribution in [0, 0.1) is 18.2 Å². The van der Waals surface area contributed by atoms with E-state index in [0.717, 1.165) is 4.90 Å². The van der Waals surface area contributed by atoms with Gasteiger partial charge in [0.2, 0.25) is 5.91 Å². The summed E-state index contributed by atoms with van der Waals surface area (Å²) in [5.41, 5.74) is 0.411. The molecule has 0 unspecified atom stereocenters. The molecule has 4 amide bonds. The van der Waals surface area contributed by atoms with E-state index in [2.05, 4.69) is 32.5 Å². The molecule has 0 bridgehead atoms. The van der Waals surface area contributed by atoms with Crippen LogP contribution in [0.25, 0.3) is 6.08 Å². The molecule has 164 valence electrons. The van der Waals surface area contributed by atoms with Gasteiger partial charge in [-0.1, -0.05) is 34.0 Å². The molecular formula is C22H17BrFN3O5. The van der Waals surface area contributed by atoms with Gasteiger partial charge in [0.15, 0.2) is 11.5 Å². The minimum atomic E-state index is -0.776. The topological polar surface area (TPSA) is 97.0 Å². The lowest BCUT2D eigenvalue weighted by molar-refractivity contribution is -0.127. The molecule has 0 saturated carbocycles. The Kier molecular flexibility index (Phi) is 7.12. The molecule has 0 atom stereocenters. The molecule has 2 aromatic carbocycles. The summed E-state index contributed by atoms with van der Waals surface area (Å²) in [5, 5.41) is 4.75. The Morgan fingerprint density at radius 3 is 2.75 bits per heavy atom. The lowest BCUT2D eigenvalue weighted by Gasteiger charge is -2.12. The summed E-state index contributed by atoms with van der Waals surface area (Å²) < 4.78 is 24.9. The van der Waals surface area contributed by atoms with E-state index in [1.807, 2.05) is 0 Å². The Hall–Kier alpha value is -3.84. The van der Waals surface area contributed by atoms with Crippen molar-refractivity contribution in [2.45, 2.75) is 0 Å². The molecule has 1 aliphatic rings. The van der Waals surface area contributed by atoms with Crippen molar-refractivity contribution in [3.63, 3.8) is 0 Å². The monoisotopic (exact) mass is 501 g/mol. The highest BCUT2D eigenvalue weighted by molar-refractivity contribution is 9.10. The third-order valence-corrected chi connectivity index (χ3v) is 4.99. The van der Waals surface area contributed by atoms with E-state index in [9.17, 15) is 18.8 Å². The number of imide groups is 1. The summed E-state index contributed by atoms with van der Waals surface area (Å²) in [4.78, 5) is 37.9.